The predicted octanol–water partition coefficient (Wildman–Crippen LogP) is 1.92. The normalized spacial score (nSPS) is 22.2. The Morgan fingerprint density at radius 3 is 2.04 bits per heavy atom. The van der Waals surface area contributed by atoms with Gasteiger partial charge in [0.05, 0.1) is 15.9 Å². The van der Waals surface area contributed by atoms with Crippen LogP contribution < -0.4 is 0 Å². The molecule has 0 aromatic heterocycles. The summed E-state index contributed by atoms with van der Waals surface area (Å²) in [6.07, 6.45) is 0.220. The molecule has 2 atom stereocenters. The average Bonchev–Trinajstić information content (AvgIpc) is 2.49. The van der Waals surface area contributed by atoms with Crippen LogP contribution in [-0.4, -0.2) is 26.5 Å². The van der Waals surface area contributed by atoms with Gasteiger partial charge < -0.3 is 0 Å². The maximum absolute atomic E-state index is 11.4. The van der Waals surface area contributed by atoms with E-state index in [4.69, 9.17) is 16.6 Å². The SMILES string of the molecule is [N-]=[N+]=NC1=C([N+](=O)[O-])C=C([N+](=O)[O-])C(N=[N+]=[N-])C1(N=[N+]=[N-])[N+](=O)[O-]. The van der Waals surface area contributed by atoms with E-state index in [1.54, 1.807) is 0 Å². The molecule has 0 saturated heterocycles. The lowest BCUT2D eigenvalue weighted by atomic mass is 9.89. The molecule has 0 amide bonds. The molecule has 2 unspecified atom stereocenters. The molecule has 0 radical (unpaired) electrons. The van der Waals surface area contributed by atoms with E-state index in [0.717, 1.165) is 0 Å². The summed E-state index contributed by atoms with van der Waals surface area (Å²) in [5, 5.41) is 41.8. The van der Waals surface area contributed by atoms with Gasteiger partial charge in [-0.2, -0.15) is 0 Å². The van der Waals surface area contributed by atoms with Crippen molar-refractivity contribution < 1.29 is 14.8 Å². The first-order chi connectivity index (χ1) is 11.3. The molecule has 18 nitrogen and oxygen atoms in total. The molecule has 0 N–H and O–H groups in total. The van der Waals surface area contributed by atoms with Crippen molar-refractivity contribution in [2.75, 3.05) is 0 Å². The van der Waals surface area contributed by atoms with E-state index in [1.807, 2.05) is 0 Å². The number of hydrogen-bond acceptors (Lipinski definition) is 9. The maximum atomic E-state index is 11.4. The van der Waals surface area contributed by atoms with Gasteiger partial charge in [-0.15, -0.1) is 0 Å². The monoisotopic (exact) mass is 338 g/mol. The average molecular weight is 338 g/mol. The molecule has 1 aliphatic rings. The molecule has 0 aliphatic heterocycles. The molecule has 1 aliphatic carbocycles. The molecule has 0 fully saturated rings. The van der Waals surface area contributed by atoms with Crippen LogP contribution >= 0.6 is 0 Å². The molecule has 1 rings (SSSR count). The van der Waals surface area contributed by atoms with Crippen LogP contribution in [0.15, 0.2) is 38.5 Å². The lowest BCUT2D eigenvalue weighted by molar-refractivity contribution is -0.569. The number of rotatable bonds is 6. The molecule has 0 bridgehead atoms. The van der Waals surface area contributed by atoms with Gasteiger partial charge in [0.15, 0.2) is 5.70 Å². The smallest absolute Gasteiger partial charge is 0.263 e. The van der Waals surface area contributed by atoms with Crippen LogP contribution in [0.4, 0.5) is 0 Å². The minimum absolute atomic E-state index is 0.220. The third-order valence-electron chi connectivity index (χ3n) is 2.73. The molecular formula is C6H2N12O6. The van der Waals surface area contributed by atoms with Gasteiger partial charge in [0.25, 0.3) is 11.4 Å². The summed E-state index contributed by atoms with van der Waals surface area (Å²) in [6, 6.07) is -2.44. The van der Waals surface area contributed by atoms with Gasteiger partial charge in [0.2, 0.25) is 6.04 Å². The minimum Gasteiger partial charge on any atom is -0.263 e. The van der Waals surface area contributed by atoms with E-state index in [0.29, 0.717) is 0 Å². The van der Waals surface area contributed by atoms with E-state index >= 15 is 0 Å². The summed E-state index contributed by atoms with van der Waals surface area (Å²) in [5.74, 6) is 0. The van der Waals surface area contributed by atoms with Crippen LogP contribution in [0, 0.1) is 30.3 Å². The van der Waals surface area contributed by atoms with E-state index < -0.39 is 43.6 Å². The van der Waals surface area contributed by atoms with Crippen LogP contribution in [-0.2, 0) is 0 Å². The Labute approximate surface area is 128 Å². The third-order valence-corrected chi connectivity index (χ3v) is 2.73. The number of azide groups is 3. The van der Waals surface area contributed by atoms with E-state index in [2.05, 4.69) is 30.1 Å². The van der Waals surface area contributed by atoms with Gasteiger partial charge >= 0.3 is 5.66 Å². The highest BCUT2D eigenvalue weighted by molar-refractivity contribution is 5.38. The van der Waals surface area contributed by atoms with Crippen molar-refractivity contribution >= 4 is 0 Å². The van der Waals surface area contributed by atoms with Gasteiger partial charge in [0, 0.05) is 19.7 Å². The zero-order chi connectivity index (χ0) is 18.5. The first-order valence-electron chi connectivity index (χ1n) is 5.33. The van der Waals surface area contributed by atoms with Crippen LogP contribution in [0.2, 0.25) is 0 Å². The molecule has 0 aromatic carbocycles. The third kappa shape index (κ3) is 2.55. The largest absolute Gasteiger partial charge is 0.354 e. The molecule has 0 heterocycles. The van der Waals surface area contributed by atoms with Crippen molar-refractivity contribution in [2.45, 2.75) is 11.7 Å². The molecule has 122 valence electrons. The molecule has 0 spiro atoms. The van der Waals surface area contributed by atoms with Gasteiger partial charge in [-0.3, -0.25) is 30.3 Å². The minimum atomic E-state index is -3.41. The topological polar surface area (TPSA) is 276 Å². The lowest BCUT2D eigenvalue weighted by Gasteiger charge is -2.26. The highest BCUT2D eigenvalue weighted by Gasteiger charge is 2.64. The van der Waals surface area contributed by atoms with Crippen molar-refractivity contribution in [3.05, 3.63) is 84.8 Å². The standard InChI is InChI=1S/C6H2N12O6/c7-13-10-4-2(16(19)20)1-3(17(21)22)5(11-14-8)6(4,12-15-9)18(23)24/h1,4H. The van der Waals surface area contributed by atoms with Crippen LogP contribution in [0.1, 0.15) is 0 Å². The first kappa shape index (κ1) is 17.7. The molecule has 0 saturated carbocycles. The fourth-order valence-electron chi connectivity index (χ4n) is 1.86. The number of allylic oxidation sites excluding steroid dienone is 1. The first-order valence-corrected chi connectivity index (χ1v) is 5.33. The van der Waals surface area contributed by atoms with Crippen LogP contribution in [0.25, 0.3) is 31.3 Å². The highest BCUT2D eigenvalue weighted by Crippen LogP contribution is 2.40. The quantitative estimate of drug-likeness (QED) is 0.229. The molecule has 24 heavy (non-hydrogen) atoms. The van der Waals surface area contributed by atoms with Crippen LogP contribution in [0.3, 0.4) is 0 Å². The number of nitrogens with zero attached hydrogens (tertiary/aromatic N) is 12. The second-order valence-corrected chi connectivity index (χ2v) is 3.79. The Morgan fingerprint density at radius 1 is 1.04 bits per heavy atom. The second-order valence-electron chi connectivity index (χ2n) is 3.79. The summed E-state index contributed by atoms with van der Waals surface area (Å²) in [5.41, 5.74) is 18.1. The fraction of sp³-hybridized carbons (Fsp3) is 0.333. The predicted molar refractivity (Wildman–Crippen MR) is 70.0 cm³/mol. The Hall–Kier alpha value is -4.39. The van der Waals surface area contributed by atoms with Crippen molar-refractivity contribution in [2.24, 2.45) is 15.3 Å². The summed E-state index contributed by atoms with van der Waals surface area (Å²) in [6.45, 7) is 0. The van der Waals surface area contributed by atoms with Gasteiger partial charge in [0.1, 0.15) is 0 Å². The van der Waals surface area contributed by atoms with Crippen molar-refractivity contribution in [3.8, 4) is 0 Å². The van der Waals surface area contributed by atoms with Crippen molar-refractivity contribution in [3.63, 3.8) is 0 Å². The zero-order valence-corrected chi connectivity index (χ0v) is 11.0. The molecule has 18 heteroatoms. The molecule has 0 aromatic rings. The van der Waals surface area contributed by atoms with E-state index in [1.165, 1.54) is 0 Å². The maximum Gasteiger partial charge on any atom is 0.354 e. The summed E-state index contributed by atoms with van der Waals surface area (Å²) >= 11 is 0. The van der Waals surface area contributed by atoms with Gasteiger partial charge in [-0.1, -0.05) is 10.2 Å². The Bertz CT molecular complexity index is 834. The van der Waals surface area contributed by atoms with Gasteiger partial charge in [-0.05, 0) is 21.7 Å². The van der Waals surface area contributed by atoms with Crippen molar-refractivity contribution in [1.82, 2.24) is 0 Å². The summed E-state index contributed by atoms with van der Waals surface area (Å²) < 4.78 is 0. The number of nitro groups is 3. The lowest BCUT2D eigenvalue weighted by Crippen LogP contribution is -2.52. The summed E-state index contributed by atoms with van der Waals surface area (Å²) in [4.78, 5) is 35.9. The highest BCUT2D eigenvalue weighted by atomic mass is 16.6. The zero-order valence-electron chi connectivity index (χ0n) is 11.0. The fourth-order valence-corrected chi connectivity index (χ4v) is 1.86. The van der Waals surface area contributed by atoms with Crippen molar-refractivity contribution in [1.29, 1.82) is 0 Å². The van der Waals surface area contributed by atoms with Crippen LogP contribution in [0.5, 0.6) is 0 Å². The number of hydrogen-bond donors (Lipinski definition) is 0. The summed E-state index contributed by atoms with van der Waals surface area (Å²) in [7, 11) is 0. The molecular weight excluding hydrogens is 336 g/mol. The second kappa shape index (κ2) is 6.58. The van der Waals surface area contributed by atoms with Gasteiger partial charge in [-0.25, -0.2) is 0 Å². The Kier molecular flexibility index (Phi) is 4.84. The Morgan fingerprint density at radius 2 is 1.67 bits per heavy atom. The Balaban J connectivity index is 4.17. The van der Waals surface area contributed by atoms with E-state index in [-0.39, 0.29) is 6.08 Å². The van der Waals surface area contributed by atoms with E-state index in [9.17, 15) is 30.3 Å².